The summed E-state index contributed by atoms with van der Waals surface area (Å²) in [5.74, 6) is 1.29. The molecule has 2 aromatic rings. The number of rotatable bonds is 3. The SMILES string of the molecule is I.NC(=NCc1ccc(Cl)cn1)N1CCN(c2ncccn2)CC1. The quantitative estimate of drug-likeness (QED) is 0.428. The van der Waals surface area contributed by atoms with Crippen LogP contribution in [0.4, 0.5) is 5.95 Å². The summed E-state index contributed by atoms with van der Waals surface area (Å²) in [4.78, 5) is 21.4. The maximum absolute atomic E-state index is 6.08. The number of hydrogen-bond donors (Lipinski definition) is 1. The van der Waals surface area contributed by atoms with E-state index < -0.39 is 0 Å². The van der Waals surface area contributed by atoms with E-state index in [4.69, 9.17) is 17.3 Å². The van der Waals surface area contributed by atoms with Gasteiger partial charge in [0.15, 0.2) is 5.96 Å². The fourth-order valence-electron chi connectivity index (χ4n) is 2.35. The number of aliphatic imine (C=N–C) groups is 1. The predicted octanol–water partition coefficient (Wildman–Crippen LogP) is 1.78. The summed E-state index contributed by atoms with van der Waals surface area (Å²) < 4.78 is 0. The van der Waals surface area contributed by atoms with Gasteiger partial charge in [-0.2, -0.15) is 0 Å². The molecule has 0 unspecified atom stereocenters. The summed E-state index contributed by atoms with van der Waals surface area (Å²) in [6.45, 7) is 3.67. The lowest BCUT2D eigenvalue weighted by atomic mass is 10.3. The third-order valence-electron chi connectivity index (χ3n) is 3.63. The van der Waals surface area contributed by atoms with E-state index >= 15 is 0 Å². The fraction of sp³-hybridized carbons (Fsp3) is 0.333. The molecule has 2 N–H and O–H groups in total. The Morgan fingerprint density at radius 2 is 1.83 bits per heavy atom. The normalized spacial score (nSPS) is 15.1. The number of pyridine rings is 1. The van der Waals surface area contributed by atoms with Crippen LogP contribution in [0.15, 0.2) is 41.8 Å². The third kappa shape index (κ3) is 4.91. The van der Waals surface area contributed by atoms with Crippen LogP contribution in [0.1, 0.15) is 5.69 Å². The standard InChI is InChI=1S/C15H18ClN7.HI/c16-12-2-3-13(20-10-12)11-21-14(17)22-6-8-23(9-7-22)15-18-4-1-5-19-15;/h1-5,10H,6-9,11H2,(H2,17,21);1H. The third-order valence-corrected chi connectivity index (χ3v) is 3.85. The van der Waals surface area contributed by atoms with E-state index in [0.717, 1.165) is 37.8 Å². The highest BCUT2D eigenvalue weighted by molar-refractivity contribution is 14.0. The van der Waals surface area contributed by atoms with Gasteiger partial charge in [-0.3, -0.25) is 4.98 Å². The molecule has 3 heterocycles. The summed E-state index contributed by atoms with van der Waals surface area (Å²) in [6, 6.07) is 5.47. The van der Waals surface area contributed by atoms with Crippen molar-refractivity contribution in [2.75, 3.05) is 31.1 Å². The Hall–Kier alpha value is -1.68. The Bertz CT molecular complexity index is 657. The van der Waals surface area contributed by atoms with Crippen molar-refractivity contribution in [3.8, 4) is 0 Å². The van der Waals surface area contributed by atoms with Crippen molar-refractivity contribution in [1.29, 1.82) is 0 Å². The van der Waals surface area contributed by atoms with Gasteiger partial charge < -0.3 is 15.5 Å². The van der Waals surface area contributed by atoms with E-state index in [1.165, 1.54) is 0 Å². The van der Waals surface area contributed by atoms with Gasteiger partial charge >= 0.3 is 0 Å². The van der Waals surface area contributed by atoms with Gasteiger partial charge in [0.05, 0.1) is 17.3 Å². The topological polar surface area (TPSA) is 83.5 Å². The number of hydrogen-bond acceptors (Lipinski definition) is 5. The van der Waals surface area contributed by atoms with Crippen LogP contribution in [-0.2, 0) is 6.54 Å². The summed E-state index contributed by atoms with van der Waals surface area (Å²) in [7, 11) is 0. The first-order valence-electron chi connectivity index (χ1n) is 7.39. The molecule has 1 fully saturated rings. The number of aromatic nitrogens is 3. The number of piperazine rings is 1. The van der Waals surface area contributed by atoms with E-state index in [-0.39, 0.29) is 24.0 Å². The first-order chi connectivity index (χ1) is 11.2. The Morgan fingerprint density at radius 3 is 2.46 bits per heavy atom. The molecule has 1 saturated heterocycles. The molecule has 0 spiro atoms. The Morgan fingerprint density at radius 1 is 1.12 bits per heavy atom. The van der Waals surface area contributed by atoms with Gasteiger partial charge in [-0.05, 0) is 18.2 Å². The van der Waals surface area contributed by atoms with Gasteiger partial charge in [-0.15, -0.1) is 24.0 Å². The highest BCUT2D eigenvalue weighted by Gasteiger charge is 2.19. The van der Waals surface area contributed by atoms with Crippen molar-refractivity contribution in [2.45, 2.75) is 6.54 Å². The Kier molecular flexibility index (Phi) is 6.98. The zero-order valence-corrected chi connectivity index (χ0v) is 16.1. The molecule has 0 atom stereocenters. The molecule has 7 nitrogen and oxygen atoms in total. The molecule has 0 amide bonds. The average Bonchev–Trinajstić information content (AvgIpc) is 2.62. The summed E-state index contributed by atoms with van der Waals surface area (Å²) >= 11 is 5.81. The average molecular weight is 460 g/mol. The molecule has 1 aliphatic rings. The smallest absolute Gasteiger partial charge is 0.225 e. The van der Waals surface area contributed by atoms with Crippen molar-refractivity contribution >= 4 is 47.5 Å². The molecule has 9 heteroatoms. The van der Waals surface area contributed by atoms with Crippen molar-refractivity contribution in [3.63, 3.8) is 0 Å². The van der Waals surface area contributed by atoms with Crippen LogP contribution < -0.4 is 10.6 Å². The molecule has 3 rings (SSSR count). The van der Waals surface area contributed by atoms with Crippen LogP contribution in [0.25, 0.3) is 0 Å². The van der Waals surface area contributed by atoms with Crippen LogP contribution in [0.2, 0.25) is 5.02 Å². The van der Waals surface area contributed by atoms with Crippen molar-refractivity contribution in [1.82, 2.24) is 19.9 Å². The van der Waals surface area contributed by atoms with Crippen LogP contribution >= 0.6 is 35.6 Å². The molecular weight excluding hydrogens is 441 g/mol. The minimum absolute atomic E-state index is 0. The molecule has 2 aromatic heterocycles. The molecule has 0 aromatic carbocycles. The number of halogens is 2. The predicted molar refractivity (Wildman–Crippen MR) is 106 cm³/mol. The summed E-state index contributed by atoms with van der Waals surface area (Å²) in [6.07, 6.45) is 5.12. The highest BCUT2D eigenvalue weighted by atomic mass is 127. The minimum atomic E-state index is 0. The maximum Gasteiger partial charge on any atom is 0.225 e. The van der Waals surface area contributed by atoms with E-state index in [1.54, 1.807) is 24.7 Å². The van der Waals surface area contributed by atoms with Crippen molar-refractivity contribution in [2.24, 2.45) is 10.7 Å². The number of nitrogens with zero attached hydrogens (tertiary/aromatic N) is 6. The van der Waals surface area contributed by atoms with E-state index in [1.807, 2.05) is 12.1 Å². The Balaban J connectivity index is 0.00000208. The minimum Gasteiger partial charge on any atom is -0.370 e. The largest absolute Gasteiger partial charge is 0.370 e. The number of nitrogens with two attached hydrogens (primary N) is 1. The van der Waals surface area contributed by atoms with Gasteiger partial charge in [-0.25, -0.2) is 15.0 Å². The first-order valence-corrected chi connectivity index (χ1v) is 7.77. The maximum atomic E-state index is 6.08. The lowest BCUT2D eigenvalue weighted by molar-refractivity contribution is 0.378. The molecule has 0 aliphatic carbocycles. The van der Waals surface area contributed by atoms with Crippen LogP contribution in [-0.4, -0.2) is 52.0 Å². The van der Waals surface area contributed by atoms with Crippen molar-refractivity contribution < 1.29 is 0 Å². The van der Waals surface area contributed by atoms with Crippen LogP contribution in [0.3, 0.4) is 0 Å². The van der Waals surface area contributed by atoms with Gasteiger partial charge in [-0.1, -0.05) is 11.6 Å². The second-order valence-electron chi connectivity index (χ2n) is 5.17. The van der Waals surface area contributed by atoms with Gasteiger partial charge in [0, 0.05) is 44.8 Å². The summed E-state index contributed by atoms with van der Waals surface area (Å²) in [5, 5.41) is 0.616. The molecule has 128 valence electrons. The van der Waals surface area contributed by atoms with Crippen molar-refractivity contribution in [3.05, 3.63) is 47.5 Å². The highest BCUT2D eigenvalue weighted by Crippen LogP contribution is 2.10. The lowest BCUT2D eigenvalue weighted by Gasteiger charge is -2.35. The molecular formula is C15H19ClIN7. The summed E-state index contributed by atoms with van der Waals surface area (Å²) in [5.41, 5.74) is 6.92. The van der Waals surface area contributed by atoms with Crippen LogP contribution in [0, 0.1) is 0 Å². The second-order valence-corrected chi connectivity index (χ2v) is 5.60. The van der Waals surface area contributed by atoms with E-state index in [2.05, 4.69) is 29.7 Å². The van der Waals surface area contributed by atoms with E-state index in [0.29, 0.717) is 17.5 Å². The number of guanidine groups is 1. The van der Waals surface area contributed by atoms with Gasteiger partial charge in [0.25, 0.3) is 0 Å². The van der Waals surface area contributed by atoms with Gasteiger partial charge in [0.1, 0.15) is 0 Å². The zero-order chi connectivity index (χ0) is 16.1. The monoisotopic (exact) mass is 459 g/mol. The number of anilines is 1. The molecule has 1 aliphatic heterocycles. The zero-order valence-electron chi connectivity index (χ0n) is 13.0. The fourth-order valence-corrected chi connectivity index (χ4v) is 2.46. The molecule has 0 radical (unpaired) electrons. The van der Waals surface area contributed by atoms with E-state index in [9.17, 15) is 0 Å². The Labute approximate surface area is 163 Å². The lowest BCUT2D eigenvalue weighted by Crippen LogP contribution is -2.51. The molecule has 24 heavy (non-hydrogen) atoms. The second kappa shape index (κ2) is 8.97. The first kappa shape index (κ1) is 18.7. The molecule has 0 bridgehead atoms. The molecule has 0 saturated carbocycles. The van der Waals surface area contributed by atoms with Gasteiger partial charge in [0.2, 0.25) is 5.95 Å². The van der Waals surface area contributed by atoms with Crippen LogP contribution in [0.5, 0.6) is 0 Å².